The molecule has 2 amide bonds. The molecule has 1 saturated heterocycles. The molecule has 0 atom stereocenters. The molecule has 0 unspecified atom stereocenters. The van der Waals surface area contributed by atoms with Gasteiger partial charge in [-0.2, -0.15) is 0 Å². The number of nitrogens with one attached hydrogen (secondary N) is 1. The predicted molar refractivity (Wildman–Crippen MR) is 99.6 cm³/mol. The number of aromatic nitrogens is 1. The Hall–Kier alpha value is -2.73. The summed E-state index contributed by atoms with van der Waals surface area (Å²) in [6.07, 6.45) is 2.97. The first-order valence-electron chi connectivity index (χ1n) is 8.67. The molecule has 1 aliphatic heterocycles. The van der Waals surface area contributed by atoms with Crippen LogP contribution in [0.4, 0.5) is 5.69 Å². The zero-order chi connectivity index (χ0) is 18.7. The normalized spacial score (nSPS) is 14.2. The van der Waals surface area contributed by atoms with Gasteiger partial charge in [0.15, 0.2) is 0 Å². The smallest absolute Gasteiger partial charge is 0.257 e. The molecule has 136 valence electrons. The van der Waals surface area contributed by atoms with Crippen LogP contribution in [0.15, 0.2) is 30.6 Å². The summed E-state index contributed by atoms with van der Waals surface area (Å²) in [4.78, 5) is 31.0. The molecule has 1 aromatic heterocycles. The Balaban J connectivity index is 1.79. The van der Waals surface area contributed by atoms with Crippen LogP contribution in [0, 0.1) is 20.8 Å². The first kappa shape index (κ1) is 18.1. The number of amides is 2. The molecule has 2 aromatic rings. The number of morpholine rings is 1. The van der Waals surface area contributed by atoms with Crippen molar-refractivity contribution in [3.05, 3.63) is 58.4 Å². The van der Waals surface area contributed by atoms with Crippen LogP contribution in [-0.4, -0.2) is 48.0 Å². The molecule has 0 spiro atoms. The molecule has 2 heterocycles. The third-order valence-electron chi connectivity index (χ3n) is 4.46. The number of hydrogen-bond acceptors (Lipinski definition) is 4. The standard InChI is InChI=1S/C20H23N3O3/c1-13-8-14(2)18(15(3)9-13)22-19(24)16-10-17(12-21-11-16)20(25)23-4-6-26-7-5-23/h8-12H,4-7H2,1-3H3,(H,22,24). The molecule has 0 saturated carbocycles. The number of ether oxygens (including phenoxy) is 1. The fraction of sp³-hybridized carbons (Fsp3) is 0.350. The molecule has 1 aromatic carbocycles. The maximum absolute atomic E-state index is 12.7. The van der Waals surface area contributed by atoms with Crippen molar-refractivity contribution < 1.29 is 14.3 Å². The van der Waals surface area contributed by atoms with Crippen LogP contribution in [0.25, 0.3) is 0 Å². The van der Waals surface area contributed by atoms with Crippen molar-refractivity contribution >= 4 is 17.5 Å². The monoisotopic (exact) mass is 353 g/mol. The van der Waals surface area contributed by atoms with Gasteiger partial charge in [-0.05, 0) is 38.0 Å². The van der Waals surface area contributed by atoms with Crippen molar-refractivity contribution in [2.45, 2.75) is 20.8 Å². The van der Waals surface area contributed by atoms with Gasteiger partial charge >= 0.3 is 0 Å². The lowest BCUT2D eigenvalue weighted by Gasteiger charge is -2.26. The maximum Gasteiger partial charge on any atom is 0.257 e. The van der Waals surface area contributed by atoms with E-state index in [-0.39, 0.29) is 11.8 Å². The molecule has 26 heavy (non-hydrogen) atoms. The highest BCUT2D eigenvalue weighted by atomic mass is 16.5. The van der Waals surface area contributed by atoms with Crippen molar-refractivity contribution in [2.24, 2.45) is 0 Å². The Morgan fingerprint density at radius 3 is 2.27 bits per heavy atom. The zero-order valence-corrected chi connectivity index (χ0v) is 15.3. The minimum absolute atomic E-state index is 0.127. The minimum Gasteiger partial charge on any atom is -0.378 e. The Labute approximate surface area is 153 Å². The summed E-state index contributed by atoms with van der Waals surface area (Å²) < 4.78 is 5.27. The van der Waals surface area contributed by atoms with Gasteiger partial charge in [-0.3, -0.25) is 14.6 Å². The van der Waals surface area contributed by atoms with Gasteiger partial charge in [0, 0.05) is 31.2 Å². The third-order valence-corrected chi connectivity index (χ3v) is 4.46. The molecule has 1 N–H and O–H groups in total. The van der Waals surface area contributed by atoms with Crippen LogP contribution in [0.2, 0.25) is 0 Å². The maximum atomic E-state index is 12.7. The highest BCUT2D eigenvalue weighted by Crippen LogP contribution is 2.22. The van der Waals surface area contributed by atoms with E-state index >= 15 is 0 Å². The van der Waals surface area contributed by atoms with Gasteiger partial charge < -0.3 is 15.0 Å². The summed E-state index contributed by atoms with van der Waals surface area (Å²) in [6, 6.07) is 5.65. The van der Waals surface area contributed by atoms with Crippen molar-refractivity contribution in [1.29, 1.82) is 0 Å². The first-order chi connectivity index (χ1) is 12.5. The third kappa shape index (κ3) is 3.91. The molecule has 0 radical (unpaired) electrons. The average molecular weight is 353 g/mol. The molecule has 1 fully saturated rings. The largest absolute Gasteiger partial charge is 0.378 e. The van der Waals surface area contributed by atoms with Crippen molar-refractivity contribution in [3.63, 3.8) is 0 Å². The first-order valence-corrected chi connectivity index (χ1v) is 8.67. The van der Waals surface area contributed by atoms with Crippen molar-refractivity contribution in [2.75, 3.05) is 31.6 Å². The second-order valence-corrected chi connectivity index (χ2v) is 6.59. The number of carbonyl (C=O) groups is 2. The second-order valence-electron chi connectivity index (χ2n) is 6.59. The SMILES string of the molecule is Cc1cc(C)c(NC(=O)c2cncc(C(=O)N3CCOCC3)c2)c(C)c1. The summed E-state index contributed by atoms with van der Waals surface area (Å²) >= 11 is 0. The number of carbonyl (C=O) groups excluding carboxylic acids is 2. The van der Waals surface area contributed by atoms with E-state index in [0.29, 0.717) is 37.4 Å². The van der Waals surface area contributed by atoms with E-state index in [2.05, 4.69) is 10.3 Å². The average Bonchev–Trinajstić information content (AvgIpc) is 2.64. The second kappa shape index (κ2) is 7.66. The van der Waals surface area contributed by atoms with Gasteiger partial charge in [0.1, 0.15) is 0 Å². The molecule has 0 aliphatic carbocycles. The fourth-order valence-electron chi connectivity index (χ4n) is 3.19. The van der Waals surface area contributed by atoms with E-state index in [9.17, 15) is 9.59 Å². The molecule has 1 aliphatic rings. The number of rotatable bonds is 3. The van der Waals surface area contributed by atoms with Crippen LogP contribution in [0.5, 0.6) is 0 Å². The Kier molecular flexibility index (Phi) is 5.32. The highest BCUT2D eigenvalue weighted by molar-refractivity contribution is 6.06. The van der Waals surface area contributed by atoms with Crippen LogP contribution < -0.4 is 5.32 Å². The van der Waals surface area contributed by atoms with Gasteiger partial charge in [-0.25, -0.2) is 0 Å². The Morgan fingerprint density at radius 1 is 1.00 bits per heavy atom. The summed E-state index contributed by atoms with van der Waals surface area (Å²) in [7, 11) is 0. The lowest BCUT2D eigenvalue weighted by molar-refractivity contribution is 0.0302. The van der Waals surface area contributed by atoms with Crippen LogP contribution in [-0.2, 0) is 4.74 Å². The van der Waals surface area contributed by atoms with Gasteiger partial charge in [0.25, 0.3) is 11.8 Å². The quantitative estimate of drug-likeness (QED) is 0.921. The summed E-state index contributed by atoms with van der Waals surface area (Å²) in [5.74, 6) is -0.401. The molecule has 0 bridgehead atoms. The number of nitrogens with zero attached hydrogens (tertiary/aromatic N) is 2. The minimum atomic E-state index is -0.274. The summed E-state index contributed by atoms with van der Waals surface area (Å²) in [6.45, 7) is 8.12. The van der Waals surface area contributed by atoms with E-state index in [1.54, 1.807) is 11.0 Å². The van der Waals surface area contributed by atoms with E-state index in [4.69, 9.17) is 4.74 Å². The van der Waals surface area contributed by atoms with Crippen LogP contribution in [0.3, 0.4) is 0 Å². The van der Waals surface area contributed by atoms with Crippen LogP contribution >= 0.6 is 0 Å². The van der Waals surface area contributed by atoms with Crippen molar-refractivity contribution in [1.82, 2.24) is 9.88 Å². The lowest BCUT2D eigenvalue weighted by atomic mass is 10.0. The zero-order valence-electron chi connectivity index (χ0n) is 15.3. The number of anilines is 1. The van der Waals surface area contributed by atoms with Crippen molar-refractivity contribution in [3.8, 4) is 0 Å². The lowest BCUT2D eigenvalue weighted by Crippen LogP contribution is -2.40. The predicted octanol–water partition coefficient (Wildman–Crippen LogP) is 2.73. The van der Waals surface area contributed by atoms with Gasteiger partial charge in [0.2, 0.25) is 0 Å². The Bertz CT molecular complexity index is 819. The summed E-state index contributed by atoms with van der Waals surface area (Å²) in [5, 5.41) is 2.94. The highest BCUT2D eigenvalue weighted by Gasteiger charge is 2.20. The topological polar surface area (TPSA) is 71.5 Å². The van der Waals surface area contributed by atoms with E-state index in [1.807, 2.05) is 32.9 Å². The molecular formula is C20H23N3O3. The fourth-order valence-corrected chi connectivity index (χ4v) is 3.19. The van der Waals surface area contributed by atoms with E-state index in [0.717, 1.165) is 22.4 Å². The van der Waals surface area contributed by atoms with E-state index in [1.165, 1.54) is 12.4 Å². The molecule has 6 heteroatoms. The van der Waals surface area contributed by atoms with Gasteiger partial charge in [0.05, 0.1) is 24.3 Å². The Morgan fingerprint density at radius 2 is 1.62 bits per heavy atom. The van der Waals surface area contributed by atoms with Gasteiger partial charge in [-0.1, -0.05) is 17.7 Å². The van der Waals surface area contributed by atoms with Crippen LogP contribution in [0.1, 0.15) is 37.4 Å². The van der Waals surface area contributed by atoms with Gasteiger partial charge in [-0.15, -0.1) is 0 Å². The molecule has 6 nitrogen and oxygen atoms in total. The molecular weight excluding hydrogens is 330 g/mol. The number of pyridine rings is 1. The number of benzene rings is 1. The summed E-state index contributed by atoms with van der Waals surface area (Å²) in [5.41, 5.74) is 4.73. The number of hydrogen-bond donors (Lipinski definition) is 1. The molecule has 3 rings (SSSR count). The van der Waals surface area contributed by atoms with E-state index < -0.39 is 0 Å². The number of aryl methyl sites for hydroxylation is 3.